The second-order valence-electron chi connectivity index (χ2n) is 5.52. The van der Waals surface area contributed by atoms with E-state index >= 15 is 0 Å². The summed E-state index contributed by atoms with van der Waals surface area (Å²) >= 11 is 0. The van der Waals surface area contributed by atoms with E-state index in [9.17, 15) is 25.4 Å². The van der Waals surface area contributed by atoms with E-state index in [1.807, 2.05) is 0 Å². The number of fused-ring (bicyclic) bond motifs is 1. The van der Waals surface area contributed by atoms with Gasteiger partial charge in [-0.1, -0.05) is 0 Å². The Morgan fingerprint density at radius 3 is 2.83 bits per heavy atom. The van der Waals surface area contributed by atoms with Gasteiger partial charge in [-0.05, 0) is 6.92 Å². The van der Waals surface area contributed by atoms with Crippen LogP contribution in [-0.2, 0) is 4.74 Å². The zero-order valence-corrected chi connectivity index (χ0v) is 12.0. The molecule has 1 saturated heterocycles. The van der Waals surface area contributed by atoms with Crippen LogP contribution in [0.4, 0.5) is 11.5 Å². The Bertz CT molecular complexity index is 775. The molecule has 0 spiro atoms. The molecule has 0 aliphatic carbocycles. The number of aliphatic hydroxyl groups excluding tert-OH is 2. The van der Waals surface area contributed by atoms with Gasteiger partial charge in [-0.25, -0.2) is 9.97 Å². The molecule has 5 N–H and O–H groups in total. The van der Waals surface area contributed by atoms with Crippen molar-refractivity contribution in [2.45, 2.75) is 31.0 Å². The van der Waals surface area contributed by atoms with Crippen molar-refractivity contribution in [2.24, 2.45) is 0 Å². The first-order valence-electron chi connectivity index (χ1n) is 6.71. The summed E-state index contributed by atoms with van der Waals surface area (Å²) in [6.07, 6.45) is -1.37. The number of nitro groups is 1. The summed E-state index contributed by atoms with van der Waals surface area (Å²) < 4.78 is 6.67. The first-order valence-corrected chi connectivity index (χ1v) is 6.71. The number of aliphatic hydroxyl groups is 3. The van der Waals surface area contributed by atoms with Crippen molar-refractivity contribution in [1.82, 2.24) is 14.5 Å². The van der Waals surface area contributed by atoms with E-state index in [1.54, 1.807) is 0 Å². The van der Waals surface area contributed by atoms with Crippen LogP contribution < -0.4 is 5.73 Å². The molecule has 2 aromatic rings. The third-order valence-electron chi connectivity index (χ3n) is 4.00. The maximum Gasteiger partial charge on any atom is 0.300 e. The van der Waals surface area contributed by atoms with E-state index in [-0.39, 0.29) is 22.5 Å². The predicted octanol–water partition coefficient (Wildman–Crippen LogP) is -1.08. The molecule has 11 nitrogen and oxygen atoms in total. The number of nitrogen functional groups attached to an aromatic ring is 1. The number of aromatic nitrogens is 3. The molecule has 1 aliphatic heterocycles. The monoisotopic (exact) mass is 325 g/mol. The molecular weight excluding hydrogens is 310 g/mol. The Hall–Kier alpha value is -2.34. The van der Waals surface area contributed by atoms with Crippen molar-refractivity contribution >= 4 is 22.5 Å². The molecule has 2 aromatic heterocycles. The largest absolute Gasteiger partial charge is 0.394 e. The summed E-state index contributed by atoms with van der Waals surface area (Å²) in [5.41, 5.74) is 3.63. The highest BCUT2D eigenvalue weighted by molar-refractivity contribution is 5.95. The molecule has 3 unspecified atom stereocenters. The second kappa shape index (κ2) is 5.09. The van der Waals surface area contributed by atoms with Gasteiger partial charge in [-0.2, -0.15) is 0 Å². The van der Waals surface area contributed by atoms with Crippen molar-refractivity contribution in [3.63, 3.8) is 0 Å². The molecule has 0 radical (unpaired) electrons. The second-order valence-corrected chi connectivity index (χ2v) is 5.52. The van der Waals surface area contributed by atoms with Gasteiger partial charge in [0.15, 0.2) is 11.9 Å². The maximum atomic E-state index is 11.2. The van der Waals surface area contributed by atoms with E-state index in [1.165, 1.54) is 11.5 Å². The molecule has 23 heavy (non-hydrogen) atoms. The molecule has 4 atom stereocenters. The van der Waals surface area contributed by atoms with Gasteiger partial charge in [0.25, 0.3) is 5.69 Å². The van der Waals surface area contributed by atoms with Crippen LogP contribution in [0.25, 0.3) is 11.0 Å². The zero-order valence-electron chi connectivity index (χ0n) is 12.0. The molecule has 1 fully saturated rings. The van der Waals surface area contributed by atoms with Crippen LogP contribution in [0.15, 0.2) is 12.5 Å². The molecule has 0 saturated carbocycles. The van der Waals surface area contributed by atoms with Crippen molar-refractivity contribution in [2.75, 3.05) is 12.3 Å². The highest BCUT2D eigenvalue weighted by Crippen LogP contribution is 2.42. The summed E-state index contributed by atoms with van der Waals surface area (Å²) in [5, 5.41) is 41.0. The number of anilines is 1. The molecule has 3 heterocycles. The lowest BCUT2D eigenvalue weighted by Gasteiger charge is -2.27. The van der Waals surface area contributed by atoms with Gasteiger partial charge in [-0.15, -0.1) is 0 Å². The molecule has 0 amide bonds. The Labute approximate surface area is 129 Å². The number of hydrogen-bond acceptors (Lipinski definition) is 9. The molecule has 3 rings (SSSR count). The average Bonchev–Trinajstić information content (AvgIpc) is 2.97. The highest BCUT2D eigenvalue weighted by Gasteiger charge is 2.53. The number of nitrogens with zero attached hydrogens (tertiary/aromatic N) is 4. The van der Waals surface area contributed by atoms with Gasteiger partial charge >= 0.3 is 0 Å². The molecule has 11 heteroatoms. The standard InChI is InChI=1S/C12H15N5O6/c1-12(20)8(19)6(3-18)23-11(12)16-2-5(17(21)22)7-9(13)14-4-15-10(7)16/h2,4,6,8,11,18-20H,3H2,1H3,(H2,13,14,15)/t6?,8-,11?,12?/m1/s1. The van der Waals surface area contributed by atoms with Crippen LogP contribution in [0.2, 0.25) is 0 Å². The van der Waals surface area contributed by atoms with E-state index in [2.05, 4.69) is 9.97 Å². The van der Waals surface area contributed by atoms with Gasteiger partial charge in [0, 0.05) is 0 Å². The normalized spacial score (nSPS) is 30.9. The number of hydrogen-bond donors (Lipinski definition) is 4. The number of ether oxygens (including phenoxy) is 1. The Morgan fingerprint density at radius 2 is 2.26 bits per heavy atom. The molecule has 0 aromatic carbocycles. The van der Waals surface area contributed by atoms with Crippen molar-refractivity contribution in [1.29, 1.82) is 0 Å². The summed E-state index contributed by atoms with van der Waals surface area (Å²) in [6.45, 7) is 0.784. The maximum absolute atomic E-state index is 11.2. The van der Waals surface area contributed by atoms with E-state index in [4.69, 9.17) is 10.5 Å². The fourth-order valence-corrected chi connectivity index (χ4v) is 2.80. The quantitative estimate of drug-likeness (QED) is 0.405. The van der Waals surface area contributed by atoms with Crippen LogP contribution >= 0.6 is 0 Å². The topological polar surface area (TPSA) is 170 Å². The molecule has 0 bridgehead atoms. The van der Waals surface area contributed by atoms with Gasteiger partial charge in [-0.3, -0.25) is 14.7 Å². The first kappa shape index (κ1) is 15.6. The average molecular weight is 325 g/mol. The fraction of sp³-hybridized carbons (Fsp3) is 0.500. The SMILES string of the molecule is CC1(O)C(n2cc([N+](=O)[O-])c3c(N)ncnc32)OC(CO)[C@H]1O. The van der Waals surface area contributed by atoms with Crippen LogP contribution in [0.5, 0.6) is 0 Å². The highest BCUT2D eigenvalue weighted by atomic mass is 16.6. The molecular formula is C12H15N5O6. The lowest BCUT2D eigenvalue weighted by molar-refractivity contribution is -0.383. The van der Waals surface area contributed by atoms with Crippen LogP contribution in [0, 0.1) is 10.1 Å². The molecule has 124 valence electrons. The van der Waals surface area contributed by atoms with Crippen LogP contribution in [0.1, 0.15) is 13.2 Å². The Morgan fingerprint density at radius 1 is 1.57 bits per heavy atom. The summed E-state index contributed by atoms with van der Waals surface area (Å²) in [6, 6.07) is 0. The first-order chi connectivity index (χ1) is 10.8. The summed E-state index contributed by atoms with van der Waals surface area (Å²) in [4.78, 5) is 18.3. The minimum atomic E-state index is -1.80. The van der Waals surface area contributed by atoms with Gasteiger partial charge in [0.2, 0.25) is 0 Å². The van der Waals surface area contributed by atoms with E-state index < -0.39 is 35.6 Å². The zero-order chi connectivity index (χ0) is 16.9. The smallest absolute Gasteiger partial charge is 0.300 e. The van der Waals surface area contributed by atoms with Gasteiger partial charge < -0.3 is 25.8 Å². The Balaban J connectivity index is 2.21. The van der Waals surface area contributed by atoms with Crippen LogP contribution in [-0.4, -0.2) is 59.2 Å². The van der Waals surface area contributed by atoms with Gasteiger partial charge in [0.05, 0.1) is 17.7 Å². The number of nitrogens with two attached hydrogens (primary N) is 1. The lowest BCUT2D eigenvalue weighted by Crippen LogP contribution is -2.44. The summed E-state index contributed by atoms with van der Waals surface area (Å²) in [7, 11) is 0. The molecule has 1 aliphatic rings. The van der Waals surface area contributed by atoms with Crippen molar-refractivity contribution in [3.05, 3.63) is 22.6 Å². The van der Waals surface area contributed by atoms with Crippen molar-refractivity contribution in [3.8, 4) is 0 Å². The van der Waals surface area contributed by atoms with Gasteiger partial charge in [0.1, 0.15) is 35.3 Å². The lowest BCUT2D eigenvalue weighted by atomic mass is 9.96. The fourth-order valence-electron chi connectivity index (χ4n) is 2.80. The van der Waals surface area contributed by atoms with E-state index in [0.29, 0.717) is 0 Å². The minimum absolute atomic E-state index is 0.0128. The third kappa shape index (κ3) is 2.13. The summed E-state index contributed by atoms with van der Waals surface area (Å²) in [5.74, 6) is -0.0858. The van der Waals surface area contributed by atoms with E-state index in [0.717, 1.165) is 12.5 Å². The van der Waals surface area contributed by atoms with Crippen LogP contribution in [0.3, 0.4) is 0 Å². The minimum Gasteiger partial charge on any atom is -0.394 e. The Kier molecular flexibility index (Phi) is 3.44. The predicted molar refractivity (Wildman–Crippen MR) is 76.2 cm³/mol. The third-order valence-corrected chi connectivity index (χ3v) is 4.00. The van der Waals surface area contributed by atoms with Crippen molar-refractivity contribution < 1.29 is 25.0 Å². The number of rotatable bonds is 3.